The highest BCUT2D eigenvalue weighted by Gasteiger charge is 2.28. The van der Waals surface area contributed by atoms with E-state index in [1.807, 2.05) is 0 Å². The Morgan fingerprint density at radius 1 is 0.690 bits per heavy atom. The summed E-state index contributed by atoms with van der Waals surface area (Å²) in [5.41, 5.74) is 0. The molecule has 0 rings (SSSR count). The van der Waals surface area contributed by atoms with E-state index >= 15 is 0 Å². The number of carbonyl (C=O) groups is 1. The summed E-state index contributed by atoms with van der Waals surface area (Å²) in [5, 5.41) is 37.0. The predicted molar refractivity (Wildman–Crippen MR) is 116 cm³/mol. The summed E-state index contributed by atoms with van der Waals surface area (Å²) in [5.74, 6) is -0.497. The minimum absolute atomic E-state index is 0.233. The van der Waals surface area contributed by atoms with Gasteiger partial charge in [0.1, 0.15) is 12.2 Å². The van der Waals surface area contributed by atoms with Gasteiger partial charge in [-0.25, -0.2) is 0 Å². The van der Waals surface area contributed by atoms with E-state index in [1.165, 1.54) is 77.0 Å². The molecular weight excluding hydrogens is 372 g/mol. The van der Waals surface area contributed by atoms with Gasteiger partial charge < -0.3 is 25.2 Å². The second-order valence-electron chi connectivity index (χ2n) is 8.15. The van der Waals surface area contributed by atoms with Gasteiger partial charge in [0.05, 0.1) is 13.2 Å². The lowest BCUT2D eigenvalue weighted by Gasteiger charge is -2.24. The van der Waals surface area contributed by atoms with Gasteiger partial charge in [-0.3, -0.25) is 4.79 Å². The van der Waals surface area contributed by atoms with Crippen LogP contribution in [0.2, 0.25) is 0 Å². The molecule has 0 aromatic carbocycles. The number of hydrogen-bond donors (Lipinski definition) is 4. The first-order valence-electron chi connectivity index (χ1n) is 11.8. The third-order valence-electron chi connectivity index (χ3n) is 5.41. The van der Waals surface area contributed by atoms with Crippen molar-refractivity contribution in [1.29, 1.82) is 0 Å². The molecule has 0 aromatic heterocycles. The minimum atomic E-state index is -1.49. The molecule has 3 atom stereocenters. The van der Waals surface area contributed by atoms with Crippen LogP contribution in [0.1, 0.15) is 110 Å². The average Bonchev–Trinajstić information content (AvgIpc) is 2.73. The molecule has 0 aliphatic heterocycles. The van der Waals surface area contributed by atoms with E-state index in [1.54, 1.807) is 0 Å². The molecule has 6 nitrogen and oxygen atoms in total. The molecule has 6 heteroatoms. The summed E-state index contributed by atoms with van der Waals surface area (Å²) >= 11 is 0. The first-order chi connectivity index (χ1) is 14.1. The van der Waals surface area contributed by atoms with Crippen LogP contribution in [0.5, 0.6) is 0 Å². The SMILES string of the molecule is CCCCCCCCCCCCCCCCCC(=O)OC(CO)C(O)C(O)CO. The van der Waals surface area contributed by atoms with Crippen LogP contribution in [0.25, 0.3) is 0 Å². The van der Waals surface area contributed by atoms with Crippen molar-refractivity contribution in [2.45, 2.75) is 128 Å². The van der Waals surface area contributed by atoms with E-state index in [0.29, 0.717) is 6.42 Å². The zero-order valence-corrected chi connectivity index (χ0v) is 18.6. The molecule has 0 saturated heterocycles. The van der Waals surface area contributed by atoms with Crippen LogP contribution in [0.15, 0.2) is 0 Å². The maximum absolute atomic E-state index is 11.8. The monoisotopic (exact) mass is 418 g/mol. The summed E-state index contributed by atoms with van der Waals surface area (Å²) in [6, 6.07) is 0. The number of aliphatic hydroxyl groups is 4. The quantitative estimate of drug-likeness (QED) is 0.166. The molecule has 0 aliphatic carbocycles. The Balaban J connectivity index is 3.46. The molecule has 0 spiro atoms. The molecule has 0 heterocycles. The summed E-state index contributed by atoms with van der Waals surface area (Å²) in [4.78, 5) is 11.8. The van der Waals surface area contributed by atoms with E-state index in [9.17, 15) is 15.0 Å². The Morgan fingerprint density at radius 2 is 1.10 bits per heavy atom. The zero-order chi connectivity index (χ0) is 21.7. The number of aliphatic hydroxyl groups excluding tert-OH is 4. The Morgan fingerprint density at radius 3 is 1.48 bits per heavy atom. The van der Waals surface area contributed by atoms with Crippen LogP contribution in [0, 0.1) is 0 Å². The number of unbranched alkanes of at least 4 members (excludes halogenated alkanes) is 14. The Labute approximate surface area is 177 Å². The van der Waals surface area contributed by atoms with Gasteiger partial charge in [0.2, 0.25) is 0 Å². The lowest BCUT2D eigenvalue weighted by molar-refractivity contribution is -0.165. The van der Waals surface area contributed by atoms with Gasteiger partial charge in [-0.05, 0) is 6.42 Å². The van der Waals surface area contributed by atoms with Crippen molar-refractivity contribution in [3.63, 3.8) is 0 Å². The van der Waals surface area contributed by atoms with Gasteiger partial charge in [-0.15, -0.1) is 0 Å². The van der Waals surface area contributed by atoms with Crippen LogP contribution < -0.4 is 0 Å². The van der Waals surface area contributed by atoms with Crippen molar-refractivity contribution >= 4 is 5.97 Å². The fourth-order valence-corrected chi connectivity index (χ4v) is 3.44. The number of ether oxygens (including phenoxy) is 1. The maximum Gasteiger partial charge on any atom is 0.306 e. The van der Waals surface area contributed by atoms with Crippen molar-refractivity contribution in [3.8, 4) is 0 Å². The third-order valence-corrected chi connectivity index (χ3v) is 5.41. The molecule has 0 radical (unpaired) electrons. The molecule has 0 aliphatic rings. The van der Waals surface area contributed by atoms with Crippen molar-refractivity contribution in [1.82, 2.24) is 0 Å². The van der Waals surface area contributed by atoms with Gasteiger partial charge in [0.15, 0.2) is 6.10 Å². The van der Waals surface area contributed by atoms with E-state index in [4.69, 9.17) is 14.9 Å². The largest absolute Gasteiger partial charge is 0.457 e. The fourth-order valence-electron chi connectivity index (χ4n) is 3.44. The Hall–Kier alpha value is -0.690. The van der Waals surface area contributed by atoms with Crippen LogP contribution in [-0.2, 0) is 9.53 Å². The molecule has 0 saturated carbocycles. The van der Waals surface area contributed by atoms with E-state index in [-0.39, 0.29) is 6.42 Å². The van der Waals surface area contributed by atoms with Crippen LogP contribution in [-0.4, -0.2) is 57.9 Å². The molecule has 0 amide bonds. The molecule has 3 unspecified atom stereocenters. The lowest BCUT2D eigenvalue weighted by Crippen LogP contribution is -2.44. The molecular formula is C23H46O6. The molecule has 0 fully saturated rings. The van der Waals surface area contributed by atoms with Gasteiger partial charge >= 0.3 is 5.97 Å². The third kappa shape index (κ3) is 16.8. The van der Waals surface area contributed by atoms with Gasteiger partial charge in [-0.2, -0.15) is 0 Å². The number of hydrogen-bond acceptors (Lipinski definition) is 6. The van der Waals surface area contributed by atoms with Crippen LogP contribution in [0.3, 0.4) is 0 Å². The van der Waals surface area contributed by atoms with E-state index < -0.39 is 37.5 Å². The van der Waals surface area contributed by atoms with E-state index in [2.05, 4.69) is 6.92 Å². The molecule has 0 aromatic rings. The second-order valence-corrected chi connectivity index (χ2v) is 8.15. The molecule has 174 valence electrons. The maximum atomic E-state index is 11.8. The first kappa shape index (κ1) is 28.3. The highest BCUT2D eigenvalue weighted by atomic mass is 16.6. The normalized spacial score (nSPS) is 14.5. The first-order valence-corrected chi connectivity index (χ1v) is 11.8. The zero-order valence-electron chi connectivity index (χ0n) is 18.6. The Bertz CT molecular complexity index is 363. The fraction of sp³-hybridized carbons (Fsp3) is 0.957. The van der Waals surface area contributed by atoms with Crippen molar-refractivity contribution in [3.05, 3.63) is 0 Å². The van der Waals surface area contributed by atoms with Gasteiger partial charge in [0.25, 0.3) is 0 Å². The number of rotatable bonds is 21. The van der Waals surface area contributed by atoms with Gasteiger partial charge in [-0.1, -0.05) is 96.8 Å². The summed E-state index contributed by atoms with van der Waals surface area (Å²) in [7, 11) is 0. The number of carbonyl (C=O) groups excluding carboxylic acids is 1. The predicted octanol–water partition coefficient (Wildman–Crippen LogP) is 3.87. The second kappa shape index (κ2) is 20.6. The smallest absolute Gasteiger partial charge is 0.306 e. The van der Waals surface area contributed by atoms with Crippen LogP contribution >= 0.6 is 0 Å². The average molecular weight is 419 g/mol. The summed E-state index contributed by atoms with van der Waals surface area (Å²) in [6.45, 7) is 1.000. The van der Waals surface area contributed by atoms with Crippen molar-refractivity contribution in [2.75, 3.05) is 13.2 Å². The Kier molecular flexibility index (Phi) is 20.1. The molecule has 29 heavy (non-hydrogen) atoms. The van der Waals surface area contributed by atoms with Crippen LogP contribution in [0.4, 0.5) is 0 Å². The highest BCUT2D eigenvalue weighted by Crippen LogP contribution is 2.14. The summed E-state index contributed by atoms with van der Waals surface area (Å²) < 4.78 is 4.99. The van der Waals surface area contributed by atoms with Crippen molar-refractivity contribution in [2.24, 2.45) is 0 Å². The topological polar surface area (TPSA) is 107 Å². The minimum Gasteiger partial charge on any atom is -0.457 e. The highest BCUT2D eigenvalue weighted by molar-refractivity contribution is 5.69. The van der Waals surface area contributed by atoms with E-state index in [0.717, 1.165) is 12.8 Å². The van der Waals surface area contributed by atoms with Gasteiger partial charge in [0, 0.05) is 6.42 Å². The molecule has 4 N–H and O–H groups in total. The van der Waals surface area contributed by atoms with Crippen molar-refractivity contribution < 1.29 is 30.0 Å². The lowest BCUT2D eigenvalue weighted by atomic mass is 10.0. The standard InChI is InChI=1S/C23H46O6/c1-2-3-4-5-6-7-8-9-10-11-12-13-14-15-16-17-22(27)29-21(19-25)23(28)20(26)18-24/h20-21,23-26,28H,2-19H2,1H3. The summed E-state index contributed by atoms with van der Waals surface area (Å²) in [6.07, 6.45) is 14.9. The molecule has 0 bridgehead atoms. The number of esters is 1.